The number of alkyl halides is 2. The van der Waals surface area contributed by atoms with Crippen molar-refractivity contribution >= 4 is 23.5 Å². The fourth-order valence-electron chi connectivity index (χ4n) is 3.38. The number of nitrogens with zero attached hydrogens (tertiary/aromatic N) is 1. The largest absolute Gasteiger partial charge is 0.481 e. The highest BCUT2D eigenvalue weighted by Crippen LogP contribution is 2.34. The summed E-state index contributed by atoms with van der Waals surface area (Å²) in [7, 11) is 0. The molecule has 1 aliphatic heterocycles. The molecule has 160 valence electrons. The van der Waals surface area contributed by atoms with Crippen molar-refractivity contribution < 1.29 is 28.6 Å². The van der Waals surface area contributed by atoms with Crippen LogP contribution in [0.1, 0.15) is 50.5 Å². The Morgan fingerprint density at radius 1 is 1.31 bits per heavy atom. The van der Waals surface area contributed by atoms with E-state index in [0.29, 0.717) is 25.8 Å². The van der Waals surface area contributed by atoms with Gasteiger partial charge in [0.2, 0.25) is 5.91 Å². The first-order valence-electron chi connectivity index (χ1n) is 9.73. The second kappa shape index (κ2) is 10.7. The molecular weight excluding hydrogens is 404 g/mol. The standard InChI is InChI=1S/C21H26ClF2NO4/c22-16-7-5-6-15(14-16)21(23,24)18(26)11-9-17-10-12-19(27)25(17)13-4-2-1-3-8-20(28)29/h5-7,9,11,14,17-18,26H,1-4,8,10,12-13H2,(H,28,29). The van der Waals surface area contributed by atoms with Gasteiger partial charge < -0.3 is 15.1 Å². The number of benzene rings is 1. The minimum atomic E-state index is -3.50. The van der Waals surface area contributed by atoms with E-state index in [-0.39, 0.29) is 29.0 Å². The van der Waals surface area contributed by atoms with Crippen LogP contribution in [0.5, 0.6) is 0 Å². The Hall–Kier alpha value is -1.99. The maximum atomic E-state index is 14.5. The number of rotatable bonds is 11. The molecule has 0 radical (unpaired) electrons. The summed E-state index contributed by atoms with van der Waals surface area (Å²) in [5.74, 6) is -4.36. The van der Waals surface area contributed by atoms with Crippen molar-refractivity contribution in [2.75, 3.05) is 6.54 Å². The fraction of sp³-hybridized carbons (Fsp3) is 0.524. The number of carbonyl (C=O) groups excluding carboxylic acids is 1. The van der Waals surface area contributed by atoms with Crippen LogP contribution in [0.25, 0.3) is 0 Å². The minimum Gasteiger partial charge on any atom is -0.481 e. The van der Waals surface area contributed by atoms with E-state index in [0.717, 1.165) is 31.4 Å². The van der Waals surface area contributed by atoms with Crippen LogP contribution in [-0.4, -0.2) is 45.7 Å². The van der Waals surface area contributed by atoms with Crippen LogP contribution < -0.4 is 0 Å². The molecular formula is C21H26ClF2NO4. The lowest BCUT2D eigenvalue weighted by atomic mass is 10.0. The molecule has 5 nitrogen and oxygen atoms in total. The van der Waals surface area contributed by atoms with E-state index in [4.69, 9.17) is 16.7 Å². The third kappa shape index (κ3) is 6.78. The Labute approximate surface area is 174 Å². The number of carbonyl (C=O) groups is 2. The van der Waals surface area contributed by atoms with Gasteiger partial charge in [0, 0.05) is 30.0 Å². The van der Waals surface area contributed by atoms with Gasteiger partial charge in [0.1, 0.15) is 6.10 Å². The van der Waals surface area contributed by atoms with E-state index >= 15 is 0 Å². The van der Waals surface area contributed by atoms with Crippen molar-refractivity contribution in [3.8, 4) is 0 Å². The molecule has 8 heteroatoms. The van der Waals surface area contributed by atoms with E-state index in [9.17, 15) is 23.5 Å². The Bertz CT molecular complexity index is 741. The number of aliphatic hydroxyl groups is 1. The quantitative estimate of drug-likeness (QED) is 0.404. The maximum Gasteiger partial charge on any atom is 0.303 e. The van der Waals surface area contributed by atoms with Crippen LogP contribution in [0.3, 0.4) is 0 Å². The molecule has 1 fully saturated rings. The van der Waals surface area contributed by atoms with Crippen molar-refractivity contribution in [2.24, 2.45) is 0 Å². The van der Waals surface area contributed by atoms with Gasteiger partial charge >= 0.3 is 11.9 Å². The number of hydrogen-bond donors (Lipinski definition) is 2. The first-order valence-corrected chi connectivity index (χ1v) is 10.1. The topological polar surface area (TPSA) is 77.8 Å². The number of halogens is 3. The molecule has 2 rings (SSSR count). The highest BCUT2D eigenvalue weighted by atomic mass is 35.5. The number of carboxylic acid groups (broad SMARTS) is 1. The Morgan fingerprint density at radius 3 is 2.72 bits per heavy atom. The maximum absolute atomic E-state index is 14.5. The highest BCUT2D eigenvalue weighted by molar-refractivity contribution is 6.30. The Kier molecular flexibility index (Phi) is 8.59. The monoisotopic (exact) mass is 429 g/mol. The minimum absolute atomic E-state index is 0.0405. The van der Waals surface area contributed by atoms with Gasteiger partial charge in [-0.25, -0.2) is 0 Å². The molecule has 0 bridgehead atoms. The molecule has 2 atom stereocenters. The predicted octanol–water partition coefficient (Wildman–Crippen LogP) is 4.38. The zero-order valence-corrected chi connectivity index (χ0v) is 16.8. The number of unbranched alkanes of at least 4 members (excludes halogenated alkanes) is 3. The summed E-state index contributed by atoms with van der Waals surface area (Å²) in [5, 5.41) is 18.8. The Morgan fingerprint density at radius 2 is 2.03 bits per heavy atom. The zero-order chi connectivity index (χ0) is 21.4. The second-order valence-corrected chi connectivity index (χ2v) is 7.65. The third-order valence-electron chi connectivity index (χ3n) is 5.01. The highest BCUT2D eigenvalue weighted by Gasteiger charge is 2.39. The van der Waals surface area contributed by atoms with Gasteiger partial charge in [-0.1, -0.05) is 48.7 Å². The van der Waals surface area contributed by atoms with Crippen molar-refractivity contribution in [3.05, 3.63) is 47.0 Å². The fourth-order valence-corrected chi connectivity index (χ4v) is 3.57. The number of aliphatic carboxylic acids is 1. The first-order chi connectivity index (χ1) is 13.7. The molecule has 2 unspecified atom stereocenters. The van der Waals surface area contributed by atoms with Gasteiger partial charge in [0.05, 0.1) is 6.04 Å². The third-order valence-corrected chi connectivity index (χ3v) is 5.25. The summed E-state index contributed by atoms with van der Waals surface area (Å²) in [5.41, 5.74) is -0.372. The molecule has 1 aromatic carbocycles. The van der Waals surface area contributed by atoms with E-state index < -0.39 is 18.0 Å². The van der Waals surface area contributed by atoms with Crippen molar-refractivity contribution in [2.45, 2.75) is 63.0 Å². The van der Waals surface area contributed by atoms with Gasteiger partial charge in [0.25, 0.3) is 0 Å². The van der Waals surface area contributed by atoms with Gasteiger partial charge in [-0.3, -0.25) is 9.59 Å². The SMILES string of the molecule is O=C(O)CCCCCCN1C(=O)CCC1C=CC(O)C(F)(F)c1cccc(Cl)c1. The number of aliphatic hydroxyl groups excluding tert-OH is 1. The average molecular weight is 430 g/mol. The normalized spacial score (nSPS) is 18.6. The van der Waals surface area contributed by atoms with Crippen LogP contribution in [0.4, 0.5) is 8.78 Å². The molecule has 1 heterocycles. The molecule has 0 aromatic heterocycles. The Balaban J connectivity index is 1.90. The molecule has 29 heavy (non-hydrogen) atoms. The van der Waals surface area contributed by atoms with Gasteiger partial charge in [-0.05, 0) is 31.4 Å². The molecule has 2 N–H and O–H groups in total. The lowest BCUT2D eigenvalue weighted by Crippen LogP contribution is -2.34. The molecule has 1 amide bonds. The molecule has 0 saturated carbocycles. The van der Waals surface area contributed by atoms with Gasteiger partial charge in [-0.15, -0.1) is 0 Å². The molecule has 1 aliphatic rings. The zero-order valence-electron chi connectivity index (χ0n) is 16.1. The van der Waals surface area contributed by atoms with Crippen LogP contribution in [0, 0.1) is 0 Å². The van der Waals surface area contributed by atoms with E-state index in [1.807, 2.05) is 0 Å². The summed E-state index contributed by atoms with van der Waals surface area (Å²) in [6.45, 7) is 0.488. The van der Waals surface area contributed by atoms with Crippen molar-refractivity contribution in [1.29, 1.82) is 0 Å². The van der Waals surface area contributed by atoms with Gasteiger partial charge in [0.15, 0.2) is 0 Å². The van der Waals surface area contributed by atoms with Crippen LogP contribution in [0.15, 0.2) is 36.4 Å². The number of amides is 1. The average Bonchev–Trinajstić information content (AvgIpc) is 3.02. The van der Waals surface area contributed by atoms with Crippen LogP contribution in [0.2, 0.25) is 5.02 Å². The molecule has 1 saturated heterocycles. The second-order valence-electron chi connectivity index (χ2n) is 7.21. The lowest BCUT2D eigenvalue weighted by molar-refractivity contribution is -0.137. The summed E-state index contributed by atoms with van der Waals surface area (Å²) >= 11 is 5.76. The number of carboxylic acids is 1. The summed E-state index contributed by atoms with van der Waals surface area (Å²) in [6, 6.07) is 4.88. The molecule has 0 aliphatic carbocycles. The van der Waals surface area contributed by atoms with Crippen LogP contribution in [-0.2, 0) is 15.5 Å². The van der Waals surface area contributed by atoms with E-state index in [2.05, 4.69) is 0 Å². The lowest BCUT2D eigenvalue weighted by Gasteiger charge is -2.24. The van der Waals surface area contributed by atoms with Crippen molar-refractivity contribution in [3.63, 3.8) is 0 Å². The number of likely N-dealkylation sites (tertiary alicyclic amines) is 1. The summed E-state index contributed by atoms with van der Waals surface area (Å²) in [4.78, 5) is 24.2. The van der Waals surface area contributed by atoms with Crippen molar-refractivity contribution in [1.82, 2.24) is 4.90 Å². The summed E-state index contributed by atoms with van der Waals surface area (Å²) < 4.78 is 28.9. The summed E-state index contributed by atoms with van der Waals surface area (Å²) in [6.07, 6.45) is 4.35. The number of hydrogen-bond acceptors (Lipinski definition) is 3. The predicted molar refractivity (Wildman–Crippen MR) is 106 cm³/mol. The van der Waals surface area contributed by atoms with Gasteiger partial charge in [-0.2, -0.15) is 8.78 Å². The van der Waals surface area contributed by atoms with E-state index in [1.165, 1.54) is 24.3 Å². The van der Waals surface area contributed by atoms with E-state index in [1.54, 1.807) is 4.90 Å². The smallest absolute Gasteiger partial charge is 0.303 e. The molecule has 0 spiro atoms. The first kappa shape index (κ1) is 23.3. The molecule has 1 aromatic rings. The van der Waals surface area contributed by atoms with Crippen LogP contribution >= 0.6 is 11.6 Å².